The highest BCUT2D eigenvalue weighted by molar-refractivity contribution is 7.91. The standard InChI is InChI=1S/C21H18F3N5O3S/c1-4-33(30,31)16-7-13(12-5-6-18(32-3)26-9-12)10-27-19(16)20-28-14-8-17(21(22,23)24)25-11-15(14)29(20)2/h5-11H,4H2,1-3H3. The number of imidazole rings is 1. The van der Waals surface area contributed by atoms with Gasteiger partial charge in [0, 0.05) is 36.6 Å². The number of nitrogens with zero attached hydrogens (tertiary/aromatic N) is 5. The summed E-state index contributed by atoms with van der Waals surface area (Å²) in [6.45, 7) is 1.50. The van der Waals surface area contributed by atoms with Crippen LogP contribution in [-0.4, -0.2) is 45.8 Å². The van der Waals surface area contributed by atoms with Gasteiger partial charge >= 0.3 is 6.18 Å². The van der Waals surface area contributed by atoms with Crippen molar-refractivity contribution in [3.63, 3.8) is 0 Å². The Balaban J connectivity index is 1.91. The minimum Gasteiger partial charge on any atom is -0.481 e. The predicted octanol–water partition coefficient (Wildman–Crippen LogP) is 3.91. The van der Waals surface area contributed by atoms with E-state index < -0.39 is 21.7 Å². The molecule has 0 amide bonds. The second kappa shape index (κ2) is 8.10. The van der Waals surface area contributed by atoms with Crippen LogP contribution in [0.1, 0.15) is 12.6 Å². The lowest BCUT2D eigenvalue weighted by molar-refractivity contribution is -0.141. The van der Waals surface area contributed by atoms with Crippen LogP contribution in [0.3, 0.4) is 0 Å². The molecule has 0 aliphatic heterocycles. The van der Waals surface area contributed by atoms with E-state index in [9.17, 15) is 21.6 Å². The van der Waals surface area contributed by atoms with Crippen molar-refractivity contribution >= 4 is 20.9 Å². The number of hydrogen-bond donors (Lipinski definition) is 0. The maximum Gasteiger partial charge on any atom is 0.433 e. The maximum atomic E-state index is 13.1. The minimum atomic E-state index is -4.63. The molecule has 172 valence electrons. The molecule has 4 aromatic heterocycles. The Hall–Kier alpha value is -3.54. The third-order valence-corrected chi connectivity index (χ3v) is 6.86. The number of aryl methyl sites for hydroxylation is 1. The van der Waals surface area contributed by atoms with Crippen molar-refractivity contribution < 1.29 is 26.3 Å². The van der Waals surface area contributed by atoms with E-state index in [1.807, 2.05) is 0 Å². The Morgan fingerprint density at radius 3 is 2.36 bits per heavy atom. The van der Waals surface area contributed by atoms with E-state index in [4.69, 9.17) is 4.74 Å². The quantitative estimate of drug-likeness (QED) is 0.430. The van der Waals surface area contributed by atoms with Crippen LogP contribution in [0.4, 0.5) is 13.2 Å². The van der Waals surface area contributed by atoms with Gasteiger partial charge in [0.25, 0.3) is 0 Å². The van der Waals surface area contributed by atoms with Crippen LogP contribution in [0, 0.1) is 0 Å². The van der Waals surface area contributed by atoms with E-state index in [2.05, 4.69) is 19.9 Å². The molecule has 0 aliphatic carbocycles. The number of aromatic nitrogens is 5. The average Bonchev–Trinajstić information content (AvgIpc) is 3.14. The van der Waals surface area contributed by atoms with Crippen LogP contribution >= 0.6 is 0 Å². The SMILES string of the molecule is CCS(=O)(=O)c1cc(-c2ccc(OC)nc2)cnc1-c1nc2cc(C(F)(F)F)ncc2n1C. The van der Waals surface area contributed by atoms with E-state index in [0.717, 1.165) is 12.3 Å². The second-order valence-electron chi connectivity index (χ2n) is 7.11. The molecule has 0 radical (unpaired) electrons. The molecule has 0 saturated heterocycles. The van der Waals surface area contributed by atoms with Crippen molar-refractivity contribution in [2.45, 2.75) is 18.0 Å². The molecule has 4 aromatic rings. The number of fused-ring (bicyclic) bond motifs is 1. The second-order valence-corrected chi connectivity index (χ2v) is 9.36. The van der Waals surface area contributed by atoms with Gasteiger partial charge in [-0.2, -0.15) is 13.2 Å². The number of alkyl halides is 3. The molecule has 4 rings (SSSR count). The highest BCUT2D eigenvalue weighted by atomic mass is 32.2. The summed E-state index contributed by atoms with van der Waals surface area (Å²) >= 11 is 0. The molecule has 0 bridgehead atoms. The first-order valence-electron chi connectivity index (χ1n) is 9.68. The van der Waals surface area contributed by atoms with Gasteiger partial charge in [-0.15, -0.1) is 0 Å². The van der Waals surface area contributed by atoms with Gasteiger partial charge in [-0.05, 0) is 18.2 Å². The van der Waals surface area contributed by atoms with Crippen LogP contribution in [-0.2, 0) is 23.1 Å². The minimum absolute atomic E-state index is 0.0277. The van der Waals surface area contributed by atoms with Crippen LogP contribution in [0.25, 0.3) is 33.7 Å². The van der Waals surface area contributed by atoms with Gasteiger partial charge in [-0.3, -0.25) is 4.98 Å². The number of halogens is 3. The van der Waals surface area contributed by atoms with Gasteiger partial charge in [-0.1, -0.05) is 6.92 Å². The van der Waals surface area contributed by atoms with E-state index >= 15 is 0 Å². The monoisotopic (exact) mass is 477 g/mol. The van der Waals surface area contributed by atoms with Crippen molar-refractivity contribution in [3.8, 4) is 28.5 Å². The van der Waals surface area contributed by atoms with Gasteiger partial charge < -0.3 is 9.30 Å². The molecule has 0 aliphatic rings. The van der Waals surface area contributed by atoms with Crippen molar-refractivity contribution in [2.75, 3.05) is 12.9 Å². The van der Waals surface area contributed by atoms with Gasteiger partial charge in [0.05, 0.1) is 35.0 Å². The lowest BCUT2D eigenvalue weighted by atomic mass is 10.1. The van der Waals surface area contributed by atoms with Gasteiger partial charge in [0.2, 0.25) is 5.88 Å². The van der Waals surface area contributed by atoms with Crippen LogP contribution < -0.4 is 4.74 Å². The summed E-state index contributed by atoms with van der Waals surface area (Å²) in [4.78, 5) is 16.1. The Morgan fingerprint density at radius 1 is 1.03 bits per heavy atom. The highest BCUT2D eigenvalue weighted by Crippen LogP contribution is 2.34. The number of methoxy groups -OCH3 is 1. The fourth-order valence-electron chi connectivity index (χ4n) is 3.29. The zero-order valence-electron chi connectivity index (χ0n) is 17.8. The molecule has 0 fully saturated rings. The summed E-state index contributed by atoms with van der Waals surface area (Å²) in [6, 6.07) is 5.63. The molecule has 0 saturated carbocycles. The van der Waals surface area contributed by atoms with Gasteiger partial charge in [-0.25, -0.2) is 23.4 Å². The Morgan fingerprint density at radius 2 is 1.76 bits per heavy atom. The number of pyridine rings is 3. The lowest BCUT2D eigenvalue weighted by Crippen LogP contribution is -2.09. The van der Waals surface area contributed by atoms with E-state index in [1.54, 1.807) is 19.2 Å². The Bertz CT molecular complexity index is 1450. The van der Waals surface area contributed by atoms with Crippen molar-refractivity contribution in [1.29, 1.82) is 0 Å². The molecule has 12 heteroatoms. The summed E-state index contributed by atoms with van der Waals surface area (Å²) in [7, 11) is -0.722. The van der Waals surface area contributed by atoms with Crippen LogP contribution in [0.5, 0.6) is 5.88 Å². The molecule has 0 atom stereocenters. The molecular weight excluding hydrogens is 459 g/mol. The Labute approximate surface area is 187 Å². The predicted molar refractivity (Wildman–Crippen MR) is 114 cm³/mol. The third kappa shape index (κ3) is 4.13. The normalized spacial score (nSPS) is 12.3. The van der Waals surface area contributed by atoms with E-state index in [-0.39, 0.29) is 27.7 Å². The van der Waals surface area contributed by atoms with Crippen LogP contribution in [0.2, 0.25) is 0 Å². The van der Waals surface area contributed by atoms with Crippen LogP contribution in [0.15, 0.2) is 47.8 Å². The van der Waals surface area contributed by atoms with Gasteiger partial charge in [0.1, 0.15) is 11.4 Å². The Kier molecular flexibility index (Phi) is 5.56. The first kappa shape index (κ1) is 22.6. The van der Waals surface area contributed by atoms with Crippen molar-refractivity contribution in [1.82, 2.24) is 24.5 Å². The molecule has 33 heavy (non-hydrogen) atoms. The summed E-state index contributed by atoms with van der Waals surface area (Å²) < 4.78 is 71.5. The van der Waals surface area contributed by atoms with E-state index in [1.165, 1.54) is 37.1 Å². The molecule has 0 unspecified atom stereocenters. The zero-order valence-corrected chi connectivity index (χ0v) is 18.6. The molecule has 8 nitrogen and oxygen atoms in total. The summed E-state index contributed by atoms with van der Waals surface area (Å²) in [5.74, 6) is 0.309. The fraction of sp³-hybridized carbons (Fsp3) is 0.238. The summed E-state index contributed by atoms with van der Waals surface area (Å²) in [5.41, 5.74) is 0.404. The average molecular weight is 477 g/mol. The fourth-order valence-corrected chi connectivity index (χ4v) is 4.35. The maximum absolute atomic E-state index is 13.1. The summed E-state index contributed by atoms with van der Waals surface area (Å²) in [5, 5.41) is 0. The highest BCUT2D eigenvalue weighted by Gasteiger charge is 2.33. The number of hydrogen-bond acceptors (Lipinski definition) is 7. The smallest absolute Gasteiger partial charge is 0.433 e. The largest absolute Gasteiger partial charge is 0.481 e. The molecule has 0 aromatic carbocycles. The van der Waals surface area contributed by atoms with E-state index in [0.29, 0.717) is 22.5 Å². The number of ether oxygens (including phenoxy) is 1. The zero-order chi connectivity index (χ0) is 24.0. The van der Waals surface area contributed by atoms with Gasteiger partial charge in [0.15, 0.2) is 15.7 Å². The number of rotatable bonds is 5. The first-order valence-corrected chi connectivity index (χ1v) is 11.3. The molecular formula is C21H18F3N5O3S. The molecule has 4 heterocycles. The summed E-state index contributed by atoms with van der Waals surface area (Å²) in [6.07, 6.45) is -0.585. The molecule has 0 N–H and O–H groups in total. The molecule has 0 spiro atoms. The van der Waals surface area contributed by atoms with Crippen molar-refractivity contribution in [2.24, 2.45) is 7.05 Å². The topological polar surface area (TPSA) is 99.9 Å². The lowest BCUT2D eigenvalue weighted by Gasteiger charge is -2.11. The number of sulfone groups is 1. The van der Waals surface area contributed by atoms with Crippen molar-refractivity contribution in [3.05, 3.63) is 48.5 Å². The first-order chi connectivity index (χ1) is 15.5. The third-order valence-electron chi connectivity index (χ3n) is 5.12.